The van der Waals surface area contributed by atoms with E-state index in [9.17, 15) is 4.79 Å². The molecule has 1 aromatic heterocycles. The minimum absolute atomic E-state index is 0.0539. The smallest absolute Gasteiger partial charge is 0.234 e. The Hall–Kier alpha value is -2.80. The third kappa shape index (κ3) is 4.84. The fourth-order valence-corrected chi connectivity index (χ4v) is 4.46. The lowest BCUT2D eigenvalue weighted by molar-refractivity contribution is -0.113. The van der Waals surface area contributed by atoms with Crippen molar-refractivity contribution in [3.8, 4) is 5.69 Å². The lowest BCUT2D eigenvalue weighted by Crippen LogP contribution is -2.29. The van der Waals surface area contributed by atoms with Gasteiger partial charge in [-0.2, -0.15) is 0 Å². The number of aryl methyl sites for hydroxylation is 2. The zero-order valence-electron chi connectivity index (χ0n) is 17.5. The Bertz CT molecular complexity index is 991. The third-order valence-electron chi connectivity index (χ3n) is 5.29. The molecule has 1 aliphatic rings. The van der Waals surface area contributed by atoms with Gasteiger partial charge in [0.05, 0.1) is 5.75 Å². The van der Waals surface area contributed by atoms with Gasteiger partial charge in [0.2, 0.25) is 5.91 Å². The van der Waals surface area contributed by atoms with E-state index >= 15 is 0 Å². The van der Waals surface area contributed by atoms with Gasteiger partial charge in [-0.15, -0.1) is 10.2 Å². The predicted molar refractivity (Wildman–Crippen MR) is 123 cm³/mol. The van der Waals surface area contributed by atoms with E-state index in [2.05, 4.69) is 51.6 Å². The van der Waals surface area contributed by atoms with Crippen LogP contribution in [0.15, 0.2) is 53.7 Å². The van der Waals surface area contributed by atoms with Gasteiger partial charge in [0.25, 0.3) is 0 Å². The first-order valence-corrected chi connectivity index (χ1v) is 11.4. The van der Waals surface area contributed by atoms with Gasteiger partial charge in [-0.3, -0.25) is 9.36 Å². The summed E-state index contributed by atoms with van der Waals surface area (Å²) in [6.07, 6.45) is 3.82. The summed E-state index contributed by atoms with van der Waals surface area (Å²) in [6, 6.07) is 16.3. The van der Waals surface area contributed by atoms with Crippen LogP contribution in [0.1, 0.15) is 30.7 Å². The number of amides is 1. The lowest BCUT2D eigenvalue weighted by atomic mass is 10.1. The maximum atomic E-state index is 12.5. The molecule has 4 rings (SSSR count). The van der Waals surface area contributed by atoms with E-state index in [1.165, 1.54) is 42.3 Å². The molecule has 0 unspecified atom stereocenters. The number of anilines is 2. The summed E-state index contributed by atoms with van der Waals surface area (Å²) in [4.78, 5) is 14.9. The monoisotopic (exact) mass is 421 g/mol. The van der Waals surface area contributed by atoms with Crippen molar-refractivity contribution in [2.45, 2.75) is 38.3 Å². The second-order valence-corrected chi connectivity index (χ2v) is 8.57. The maximum Gasteiger partial charge on any atom is 0.234 e. The van der Waals surface area contributed by atoms with Gasteiger partial charge in [-0.05, 0) is 69.5 Å². The topological polar surface area (TPSA) is 63.1 Å². The van der Waals surface area contributed by atoms with Gasteiger partial charge in [0, 0.05) is 30.2 Å². The van der Waals surface area contributed by atoms with Crippen LogP contribution >= 0.6 is 11.8 Å². The van der Waals surface area contributed by atoms with Gasteiger partial charge in [0.15, 0.2) is 5.16 Å². The summed E-state index contributed by atoms with van der Waals surface area (Å²) < 4.78 is 1.98. The van der Waals surface area contributed by atoms with E-state index in [4.69, 9.17) is 0 Å². The Morgan fingerprint density at radius 1 is 0.933 bits per heavy atom. The van der Waals surface area contributed by atoms with Gasteiger partial charge in [-0.25, -0.2) is 0 Å². The minimum Gasteiger partial charge on any atom is -0.372 e. The van der Waals surface area contributed by atoms with Gasteiger partial charge < -0.3 is 10.2 Å². The van der Waals surface area contributed by atoms with Crippen LogP contribution in [0.5, 0.6) is 0 Å². The van der Waals surface area contributed by atoms with E-state index in [-0.39, 0.29) is 11.7 Å². The van der Waals surface area contributed by atoms with Crippen LogP contribution in [0.3, 0.4) is 0 Å². The van der Waals surface area contributed by atoms with E-state index < -0.39 is 0 Å². The quantitative estimate of drug-likeness (QED) is 0.589. The van der Waals surface area contributed by atoms with Crippen LogP contribution in [0.2, 0.25) is 0 Å². The number of hydrogen-bond donors (Lipinski definition) is 1. The number of thioether (sulfide) groups is 1. The van der Waals surface area contributed by atoms with Crippen LogP contribution in [-0.2, 0) is 4.79 Å². The molecule has 1 aliphatic heterocycles. The first-order chi connectivity index (χ1) is 14.6. The largest absolute Gasteiger partial charge is 0.372 e. The molecule has 0 atom stereocenters. The van der Waals surface area contributed by atoms with Crippen molar-refractivity contribution in [3.63, 3.8) is 0 Å². The van der Waals surface area contributed by atoms with Crippen molar-refractivity contribution < 1.29 is 4.79 Å². The number of piperidine rings is 1. The van der Waals surface area contributed by atoms with Crippen LogP contribution in [-0.4, -0.2) is 39.5 Å². The second kappa shape index (κ2) is 9.34. The maximum absolute atomic E-state index is 12.5. The van der Waals surface area contributed by atoms with Crippen molar-refractivity contribution in [2.75, 3.05) is 29.1 Å². The van der Waals surface area contributed by atoms with Gasteiger partial charge in [-0.1, -0.05) is 29.5 Å². The zero-order valence-corrected chi connectivity index (χ0v) is 18.3. The molecule has 1 fully saturated rings. The number of carbonyl (C=O) groups is 1. The first kappa shape index (κ1) is 20.5. The molecule has 156 valence electrons. The number of nitrogens with one attached hydrogen (secondary N) is 1. The first-order valence-electron chi connectivity index (χ1n) is 10.4. The highest BCUT2D eigenvalue weighted by Crippen LogP contribution is 2.24. The number of rotatable bonds is 6. The second-order valence-electron chi connectivity index (χ2n) is 7.63. The fraction of sp³-hybridized carbons (Fsp3) is 0.348. The summed E-state index contributed by atoms with van der Waals surface area (Å²) >= 11 is 1.39. The number of aromatic nitrogens is 3. The normalized spacial score (nSPS) is 14.0. The molecule has 3 aromatic rings. The molecular formula is C23H27N5OS. The minimum atomic E-state index is -0.0539. The Labute approximate surface area is 181 Å². The Balaban J connectivity index is 1.36. The molecule has 0 saturated carbocycles. The Morgan fingerprint density at radius 2 is 1.60 bits per heavy atom. The molecule has 30 heavy (non-hydrogen) atoms. The van der Waals surface area contributed by atoms with Crippen LogP contribution in [0.4, 0.5) is 11.4 Å². The molecule has 0 aliphatic carbocycles. The van der Waals surface area contributed by atoms with Crippen molar-refractivity contribution in [2.24, 2.45) is 0 Å². The van der Waals surface area contributed by atoms with E-state index in [1.54, 1.807) is 0 Å². The van der Waals surface area contributed by atoms with Crippen molar-refractivity contribution in [1.82, 2.24) is 14.8 Å². The average molecular weight is 422 g/mol. The highest BCUT2D eigenvalue weighted by Gasteiger charge is 2.14. The SMILES string of the molecule is Cc1ccc(-n2c(C)nnc2SCC(=O)Nc2ccc(N3CCCCC3)cc2)cc1. The Kier molecular flexibility index (Phi) is 6.38. The molecule has 0 spiro atoms. The van der Waals surface area contributed by atoms with E-state index in [1.807, 2.05) is 35.8 Å². The molecule has 6 nitrogen and oxygen atoms in total. The third-order valence-corrected chi connectivity index (χ3v) is 6.22. The number of carbonyl (C=O) groups excluding carboxylic acids is 1. The highest BCUT2D eigenvalue weighted by molar-refractivity contribution is 7.99. The molecule has 7 heteroatoms. The standard InChI is InChI=1S/C23H27N5OS/c1-17-6-10-21(11-7-17)28-18(2)25-26-23(28)30-16-22(29)24-19-8-12-20(13-9-19)27-14-4-3-5-15-27/h6-13H,3-5,14-16H2,1-2H3,(H,24,29). The molecule has 0 bridgehead atoms. The summed E-state index contributed by atoms with van der Waals surface area (Å²) in [7, 11) is 0. The van der Waals surface area contributed by atoms with Crippen molar-refractivity contribution in [3.05, 3.63) is 59.9 Å². The Morgan fingerprint density at radius 3 is 2.30 bits per heavy atom. The summed E-state index contributed by atoms with van der Waals surface area (Å²) in [5, 5.41) is 12.1. The molecule has 1 N–H and O–H groups in total. The number of benzene rings is 2. The van der Waals surface area contributed by atoms with Gasteiger partial charge in [0.1, 0.15) is 5.82 Å². The van der Waals surface area contributed by atoms with Crippen molar-refractivity contribution >= 4 is 29.0 Å². The van der Waals surface area contributed by atoms with Crippen LogP contribution < -0.4 is 10.2 Å². The average Bonchev–Trinajstić information content (AvgIpc) is 3.14. The molecule has 1 amide bonds. The number of nitrogens with zero attached hydrogens (tertiary/aromatic N) is 4. The van der Waals surface area contributed by atoms with Gasteiger partial charge >= 0.3 is 0 Å². The molecule has 0 radical (unpaired) electrons. The predicted octanol–water partition coefficient (Wildman–Crippen LogP) is 4.61. The summed E-state index contributed by atoms with van der Waals surface area (Å²) in [5.41, 5.74) is 4.24. The fourth-order valence-electron chi connectivity index (χ4n) is 3.66. The lowest BCUT2D eigenvalue weighted by Gasteiger charge is -2.28. The van der Waals surface area contributed by atoms with Crippen LogP contribution in [0, 0.1) is 13.8 Å². The molecular weight excluding hydrogens is 394 g/mol. The summed E-state index contributed by atoms with van der Waals surface area (Å²) in [6.45, 7) is 6.20. The molecule has 2 heterocycles. The van der Waals surface area contributed by atoms with E-state index in [0.717, 1.165) is 30.3 Å². The summed E-state index contributed by atoms with van der Waals surface area (Å²) in [5.74, 6) is 1.02. The molecule has 2 aromatic carbocycles. The molecule has 1 saturated heterocycles. The zero-order chi connectivity index (χ0) is 20.9. The number of hydrogen-bond acceptors (Lipinski definition) is 5. The van der Waals surface area contributed by atoms with Crippen LogP contribution in [0.25, 0.3) is 5.69 Å². The van der Waals surface area contributed by atoms with Crippen molar-refractivity contribution in [1.29, 1.82) is 0 Å². The van der Waals surface area contributed by atoms with E-state index in [0.29, 0.717) is 5.16 Å². The highest BCUT2D eigenvalue weighted by atomic mass is 32.2.